The number of carbonyl (C=O) groups is 2. The molecule has 1 aromatic heterocycles. The van der Waals surface area contributed by atoms with Crippen LogP contribution in [-0.4, -0.2) is 41.3 Å². The van der Waals surface area contributed by atoms with Crippen molar-refractivity contribution in [1.29, 1.82) is 0 Å². The van der Waals surface area contributed by atoms with E-state index in [-0.39, 0.29) is 17.9 Å². The van der Waals surface area contributed by atoms with Crippen molar-refractivity contribution in [3.8, 4) is 0 Å². The summed E-state index contributed by atoms with van der Waals surface area (Å²) >= 11 is 0. The molecule has 2 amide bonds. The predicted molar refractivity (Wildman–Crippen MR) is 91.3 cm³/mol. The molecule has 23 heavy (non-hydrogen) atoms. The molecule has 0 saturated carbocycles. The van der Waals surface area contributed by atoms with Gasteiger partial charge in [-0.15, -0.1) is 0 Å². The maximum Gasteiger partial charge on any atom is 0.270 e. The van der Waals surface area contributed by atoms with Crippen molar-refractivity contribution in [1.82, 2.24) is 15.2 Å². The Hall–Kier alpha value is -1.78. The highest BCUT2D eigenvalue weighted by molar-refractivity contribution is 5.93. The molecule has 0 aromatic carbocycles. The average Bonchev–Trinajstić information content (AvgIpc) is 2.99. The lowest BCUT2D eigenvalue weighted by molar-refractivity contribution is -0.121. The molecule has 2 heterocycles. The van der Waals surface area contributed by atoms with Crippen LogP contribution in [0.15, 0.2) is 12.3 Å². The number of H-pyrrole nitrogens is 1. The number of aromatic nitrogens is 1. The quantitative estimate of drug-likeness (QED) is 0.847. The summed E-state index contributed by atoms with van der Waals surface area (Å²) in [6, 6.07) is 2.15. The third kappa shape index (κ3) is 4.85. The van der Waals surface area contributed by atoms with E-state index in [1.54, 1.807) is 7.05 Å². The van der Waals surface area contributed by atoms with Crippen molar-refractivity contribution in [3.05, 3.63) is 23.5 Å². The minimum atomic E-state index is 0.0436. The number of aromatic amines is 1. The monoisotopic (exact) mass is 319 g/mol. The number of piperidine rings is 1. The largest absolute Gasteiger partial charge is 0.359 e. The number of carbonyl (C=O) groups excluding carboxylic acids is 2. The summed E-state index contributed by atoms with van der Waals surface area (Å²) in [7, 11) is 1.65. The number of hydrogen-bond acceptors (Lipinski definition) is 2. The van der Waals surface area contributed by atoms with Gasteiger partial charge in [0, 0.05) is 32.3 Å². The molecule has 0 spiro atoms. The van der Waals surface area contributed by atoms with Gasteiger partial charge in [-0.05, 0) is 49.7 Å². The van der Waals surface area contributed by atoms with E-state index >= 15 is 0 Å². The Kier molecular flexibility index (Phi) is 6.25. The number of hydrogen-bond donors (Lipinski definition) is 2. The number of rotatable bonds is 6. The fraction of sp³-hybridized carbons (Fsp3) is 0.667. The molecule has 2 rings (SSSR count). The molecule has 1 atom stereocenters. The molecule has 1 aliphatic rings. The van der Waals surface area contributed by atoms with Gasteiger partial charge < -0.3 is 15.2 Å². The highest BCUT2D eigenvalue weighted by Crippen LogP contribution is 2.23. The first-order chi connectivity index (χ1) is 11.0. The van der Waals surface area contributed by atoms with Crippen LogP contribution in [0.4, 0.5) is 0 Å². The molecule has 128 valence electrons. The zero-order valence-corrected chi connectivity index (χ0v) is 14.5. The molecular formula is C18H29N3O2. The summed E-state index contributed by atoms with van der Waals surface area (Å²) in [6.07, 6.45) is 7.30. The minimum absolute atomic E-state index is 0.0436. The second kappa shape index (κ2) is 8.18. The van der Waals surface area contributed by atoms with Gasteiger partial charge in [0.1, 0.15) is 5.69 Å². The molecule has 0 aliphatic carbocycles. The molecule has 0 bridgehead atoms. The second-order valence-corrected chi connectivity index (χ2v) is 6.88. The molecule has 5 nitrogen and oxygen atoms in total. The van der Waals surface area contributed by atoms with Gasteiger partial charge in [0.25, 0.3) is 5.91 Å². The van der Waals surface area contributed by atoms with Gasteiger partial charge in [0.2, 0.25) is 5.91 Å². The Labute approximate surface area is 138 Å². The topological polar surface area (TPSA) is 65.2 Å². The SMILES string of the molecule is CNC(=O)CCC1CCCCN1C(=O)c1cc(CC(C)C)c[nH]1. The minimum Gasteiger partial charge on any atom is -0.359 e. The first kappa shape index (κ1) is 17.6. The first-order valence-electron chi connectivity index (χ1n) is 8.70. The van der Waals surface area contributed by atoms with E-state index < -0.39 is 0 Å². The van der Waals surface area contributed by atoms with Crippen molar-refractivity contribution in [2.45, 2.75) is 58.4 Å². The third-order valence-corrected chi connectivity index (χ3v) is 4.49. The van der Waals surface area contributed by atoms with Gasteiger partial charge in [0.05, 0.1) is 0 Å². The number of likely N-dealkylation sites (tertiary alicyclic amines) is 1. The zero-order chi connectivity index (χ0) is 16.8. The van der Waals surface area contributed by atoms with Crippen molar-refractivity contribution >= 4 is 11.8 Å². The Morgan fingerprint density at radius 1 is 1.39 bits per heavy atom. The molecule has 5 heteroatoms. The van der Waals surface area contributed by atoms with E-state index in [9.17, 15) is 9.59 Å². The lowest BCUT2D eigenvalue weighted by Gasteiger charge is -2.35. The summed E-state index contributed by atoms with van der Waals surface area (Å²) in [5.74, 6) is 0.688. The van der Waals surface area contributed by atoms with Gasteiger partial charge in [-0.25, -0.2) is 0 Å². The first-order valence-corrected chi connectivity index (χ1v) is 8.70. The van der Waals surface area contributed by atoms with E-state index in [1.165, 1.54) is 5.56 Å². The highest BCUT2D eigenvalue weighted by Gasteiger charge is 2.28. The maximum atomic E-state index is 12.8. The third-order valence-electron chi connectivity index (χ3n) is 4.49. The standard InChI is InChI=1S/C18H29N3O2/c1-13(2)10-14-11-16(20-12-14)18(23)21-9-5-4-6-15(21)7-8-17(22)19-3/h11-13,15,20H,4-10H2,1-3H3,(H,19,22). The van der Waals surface area contributed by atoms with Crippen molar-refractivity contribution < 1.29 is 9.59 Å². The number of nitrogens with zero attached hydrogens (tertiary/aromatic N) is 1. The highest BCUT2D eigenvalue weighted by atomic mass is 16.2. The second-order valence-electron chi connectivity index (χ2n) is 6.88. The summed E-state index contributed by atoms with van der Waals surface area (Å²) in [4.78, 5) is 29.4. The number of nitrogens with one attached hydrogen (secondary N) is 2. The van der Waals surface area contributed by atoms with Crippen LogP contribution in [0.5, 0.6) is 0 Å². The molecule has 1 saturated heterocycles. The molecule has 0 radical (unpaired) electrons. The lowest BCUT2D eigenvalue weighted by Crippen LogP contribution is -2.44. The fourth-order valence-corrected chi connectivity index (χ4v) is 3.30. The Bertz CT molecular complexity index is 536. The molecular weight excluding hydrogens is 290 g/mol. The van der Waals surface area contributed by atoms with Crippen molar-refractivity contribution in [2.75, 3.05) is 13.6 Å². The summed E-state index contributed by atoms with van der Waals surface area (Å²) in [5, 5.41) is 2.65. The smallest absolute Gasteiger partial charge is 0.270 e. The lowest BCUT2D eigenvalue weighted by atomic mass is 9.97. The maximum absolute atomic E-state index is 12.8. The summed E-state index contributed by atoms with van der Waals surface area (Å²) < 4.78 is 0. The van der Waals surface area contributed by atoms with Crippen LogP contribution in [0.25, 0.3) is 0 Å². The van der Waals surface area contributed by atoms with Gasteiger partial charge in [-0.3, -0.25) is 9.59 Å². The van der Waals surface area contributed by atoms with Crippen LogP contribution in [0.1, 0.15) is 62.0 Å². The number of amides is 2. The van der Waals surface area contributed by atoms with Crippen molar-refractivity contribution in [2.24, 2.45) is 5.92 Å². The molecule has 1 aromatic rings. The van der Waals surface area contributed by atoms with Gasteiger partial charge in [0.15, 0.2) is 0 Å². The van der Waals surface area contributed by atoms with Gasteiger partial charge in [-0.2, -0.15) is 0 Å². The Balaban J connectivity index is 2.02. The van der Waals surface area contributed by atoms with Gasteiger partial charge >= 0.3 is 0 Å². The normalized spacial score (nSPS) is 18.3. The Morgan fingerprint density at radius 2 is 2.17 bits per heavy atom. The summed E-state index contributed by atoms with van der Waals surface area (Å²) in [6.45, 7) is 5.14. The zero-order valence-electron chi connectivity index (χ0n) is 14.5. The van der Waals surface area contributed by atoms with E-state index in [0.717, 1.165) is 38.6 Å². The molecule has 1 aliphatic heterocycles. The van der Waals surface area contributed by atoms with Crippen LogP contribution in [-0.2, 0) is 11.2 Å². The van der Waals surface area contributed by atoms with E-state index in [1.807, 2.05) is 17.2 Å². The predicted octanol–water partition coefficient (Wildman–Crippen LogP) is 2.73. The molecule has 1 fully saturated rings. The fourth-order valence-electron chi connectivity index (χ4n) is 3.30. The van der Waals surface area contributed by atoms with Crippen molar-refractivity contribution in [3.63, 3.8) is 0 Å². The van der Waals surface area contributed by atoms with Crippen LogP contribution in [0, 0.1) is 5.92 Å². The summed E-state index contributed by atoms with van der Waals surface area (Å²) in [5.41, 5.74) is 1.86. The van der Waals surface area contributed by atoms with E-state index in [0.29, 0.717) is 18.0 Å². The van der Waals surface area contributed by atoms with Crippen LogP contribution in [0.2, 0.25) is 0 Å². The van der Waals surface area contributed by atoms with E-state index in [2.05, 4.69) is 24.1 Å². The average molecular weight is 319 g/mol. The van der Waals surface area contributed by atoms with Gasteiger partial charge in [-0.1, -0.05) is 13.8 Å². The molecule has 1 unspecified atom stereocenters. The Morgan fingerprint density at radius 3 is 2.87 bits per heavy atom. The van der Waals surface area contributed by atoms with Crippen LogP contribution < -0.4 is 5.32 Å². The van der Waals surface area contributed by atoms with Crippen LogP contribution in [0.3, 0.4) is 0 Å². The van der Waals surface area contributed by atoms with Crippen LogP contribution >= 0.6 is 0 Å². The van der Waals surface area contributed by atoms with E-state index in [4.69, 9.17) is 0 Å². The molecule has 2 N–H and O–H groups in total.